The maximum atomic E-state index is 13.3. The fourth-order valence-electron chi connectivity index (χ4n) is 5.10. The normalized spacial score (nSPS) is 19.6. The monoisotopic (exact) mass is 429 g/mol. The maximum absolute atomic E-state index is 13.3. The first-order valence-electron chi connectivity index (χ1n) is 11.1. The molecule has 0 spiro atoms. The van der Waals surface area contributed by atoms with Crippen LogP contribution >= 0.6 is 0 Å². The number of hydrogen-bond donors (Lipinski definition) is 0. The van der Waals surface area contributed by atoms with E-state index in [1.807, 2.05) is 40.8 Å². The molecule has 0 aromatic carbocycles. The summed E-state index contributed by atoms with van der Waals surface area (Å²) >= 11 is 0. The number of anilines is 1. The number of nitrogens with zero attached hydrogens (tertiary/aromatic N) is 7. The van der Waals surface area contributed by atoms with Gasteiger partial charge in [0.2, 0.25) is 0 Å². The number of fused-ring (bicyclic) bond motifs is 4. The van der Waals surface area contributed by atoms with Gasteiger partial charge in [0, 0.05) is 75.0 Å². The van der Waals surface area contributed by atoms with Crippen molar-refractivity contribution < 1.29 is 0 Å². The van der Waals surface area contributed by atoms with Crippen molar-refractivity contribution in [2.45, 2.75) is 32.0 Å². The molecule has 5 rings (SSSR count). The zero-order valence-corrected chi connectivity index (χ0v) is 18.3. The lowest BCUT2D eigenvalue weighted by Gasteiger charge is -2.43. The van der Waals surface area contributed by atoms with Gasteiger partial charge in [0.15, 0.2) is 0 Å². The molecule has 2 bridgehead atoms. The van der Waals surface area contributed by atoms with E-state index in [2.05, 4.69) is 31.9 Å². The van der Waals surface area contributed by atoms with E-state index >= 15 is 0 Å². The number of piperidine rings is 1. The predicted molar refractivity (Wildman–Crippen MR) is 121 cm³/mol. The van der Waals surface area contributed by atoms with Crippen LogP contribution in [0.4, 0.5) is 5.82 Å². The largest absolute Gasteiger partial charge is 0.355 e. The highest BCUT2D eigenvalue weighted by atomic mass is 16.1. The van der Waals surface area contributed by atoms with Crippen molar-refractivity contribution >= 4 is 5.82 Å². The SMILES string of the molecule is CN(CCn1ccnc1)Cc1ccc2n(c1=O)C[C@H]1C[C@@H]2CN(c2ncccc2C#N)C1. The Morgan fingerprint density at radius 3 is 2.94 bits per heavy atom. The summed E-state index contributed by atoms with van der Waals surface area (Å²) in [5.41, 5.74) is 2.69. The van der Waals surface area contributed by atoms with Gasteiger partial charge in [0.25, 0.3) is 5.56 Å². The maximum Gasteiger partial charge on any atom is 0.255 e. The van der Waals surface area contributed by atoms with Gasteiger partial charge in [-0.2, -0.15) is 5.26 Å². The third-order valence-corrected chi connectivity index (χ3v) is 6.63. The summed E-state index contributed by atoms with van der Waals surface area (Å²) in [7, 11) is 2.05. The summed E-state index contributed by atoms with van der Waals surface area (Å²) in [5.74, 6) is 1.41. The Hall–Kier alpha value is -3.44. The number of imidazole rings is 1. The van der Waals surface area contributed by atoms with Gasteiger partial charge in [-0.3, -0.25) is 4.79 Å². The van der Waals surface area contributed by atoms with Crippen LogP contribution in [0.2, 0.25) is 0 Å². The topological polar surface area (TPSA) is 83.0 Å². The molecule has 0 unspecified atom stereocenters. The van der Waals surface area contributed by atoms with E-state index in [0.29, 0.717) is 18.0 Å². The lowest BCUT2D eigenvalue weighted by atomic mass is 9.83. The molecule has 0 amide bonds. The van der Waals surface area contributed by atoms with Crippen molar-refractivity contribution in [3.05, 3.63) is 76.4 Å². The molecule has 5 heterocycles. The van der Waals surface area contributed by atoms with E-state index < -0.39 is 0 Å². The van der Waals surface area contributed by atoms with Crippen molar-refractivity contribution in [1.82, 2.24) is 24.0 Å². The highest BCUT2D eigenvalue weighted by Gasteiger charge is 2.36. The van der Waals surface area contributed by atoms with Crippen LogP contribution < -0.4 is 10.5 Å². The minimum absolute atomic E-state index is 0.135. The van der Waals surface area contributed by atoms with Crippen LogP contribution in [-0.2, 0) is 19.6 Å². The average molecular weight is 430 g/mol. The van der Waals surface area contributed by atoms with Gasteiger partial charge in [-0.15, -0.1) is 0 Å². The second-order valence-electron chi connectivity index (χ2n) is 8.93. The van der Waals surface area contributed by atoms with Crippen LogP contribution in [0.3, 0.4) is 0 Å². The Kier molecular flexibility index (Phi) is 5.50. The van der Waals surface area contributed by atoms with Gasteiger partial charge in [0.1, 0.15) is 11.9 Å². The standard InChI is InChI=1S/C24H27N7O/c1-28(9-10-29-8-7-26-17-29)15-20-4-5-22-21-11-18(14-31(22)24(20)32)13-30(16-21)23-19(12-25)3-2-6-27-23/h2-8,17-18,21H,9-11,13-16H2,1H3/t18-,21+/m0/s1. The van der Waals surface area contributed by atoms with E-state index in [-0.39, 0.29) is 11.5 Å². The Labute approximate surface area is 187 Å². The fraction of sp³-hybridized carbons (Fsp3) is 0.417. The minimum Gasteiger partial charge on any atom is -0.355 e. The summed E-state index contributed by atoms with van der Waals surface area (Å²) in [6, 6.07) is 10.0. The Bertz CT molecular complexity index is 1190. The lowest BCUT2D eigenvalue weighted by molar-refractivity contribution is 0.275. The summed E-state index contributed by atoms with van der Waals surface area (Å²) in [5, 5.41) is 9.47. The van der Waals surface area contributed by atoms with Crippen LogP contribution in [0, 0.1) is 17.2 Å². The van der Waals surface area contributed by atoms with Gasteiger partial charge in [-0.25, -0.2) is 9.97 Å². The van der Waals surface area contributed by atoms with Crippen molar-refractivity contribution in [1.29, 1.82) is 5.26 Å². The molecule has 2 aliphatic rings. The molecular formula is C24H27N7O. The van der Waals surface area contributed by atoms with Gasteiger partial charge < -0.3 is 18.9 Å². The predicted octanol–water partition coefficient (Wildman–Crippen LogP) is 2.07. The third kappa shape index (κ3) is 3.92. The quantitative estimate of drug-likeness (QED) is 0.597. The molecule has 0 aliphatic carbocycles. The zero-order valence-electron chi connectivity index (χ0n) is 18.3. The first-order chi connectivity index (χ1) is 15.6. The van der Waals surface area contributed by atoms with Gasteiger partial charge in [-0.1, -0.05) is 6.07 Å². The van der Waals surface area contributed by atoms with Gasteiger partial charge in [0.05, 0.1) is 11.9 Å². The van der Waals surface area contributed by atoms with Crippen molar-refractivity contribution in [3.8, 4) is 6.07 Å². The molecule has 32 heavy (non-hydrogen) atoms. The number of likely N-dealkylation sites (N-methyl/N-ethyl adjacent to an activating group) is 1. The van der Waals surface area contributed by atoms with Gasteiger partial charge >= 0.3 is 0 Å². The number of nitriles is 1. The number of pyridine rings is 2. The molecule has 0 N–H and O–H groups in total. The summed E-state index contributed by atoms with van der Waals surface area (Å²) in [4.78, 5) is 26.3. The number of aromatic nitrogens is 4. The molecule has 0 radical (unpaired) electrons. The second-order valence-corrected chi connectivity index (χ2v) is 8.93. The van der Waals surface area contributed by atoms with Crippen LogP contribution in [-0.4, -0.2) is 50.7 Å². The molecule has 8 heteroatoms. The highest BCUT2D eigenvalue weighted by molar-refractivity contribution is 5.54. The zero-order chi connectivity index (χ0) is 22.1. The van der Waals surface area contributed by atoms with E-state index in [1.54, 1.807) is 18.5 Å². The minimum atomic E-state index is 0.135. The molecule has 1 fully saturated rings. The Morgan fingerprint density at radius 1 is 1.22 bits per heavy atom. The van der Waals surface area contributed by atoms with Crippen molar-refractivity contribution in [2.75, 3.05) is 31.6 Å². The Morgan fingerprint density at radius 2 is 2.12 bits per heavy atom. The van der Waals surface area contributed by atoms with Crippen LogP contribution in [0.25, 0.3) is 0 Å². The van der Waals surface area contributed by atoms with Crippen molar-refractivity contribution in [2.24, 2.45) is 5.92 Å². The third-order valence-electron chi connectivity index (χ3n) is 6.63. The molecule has 0 saturated carbocycles. The molecular weight excluding hydrogens is 402 g/mol. The summed E-state index contributed by atoms with van der Waals surface area (Å²) in [6.07, 6.45) is 8.37. The lowest BCUT2D eigenvalue weighted by Crippen LogP contribution is -2.48. The molecule has 1 saturated heterocycles. The smallest absolute Gasteiger partial charge is 0.255 e. The van der Waals surface area contributed by atoms with Gasteiger partial charge in [-0.05, 0) is 37.6 Å². The van der Waals surface area contributed by atoms with E-state index in [4.69, 9.17) is 0 Å². The molecule has 2 atom stereocenters. The molecule has 3 aromatic rings. The van der Waals surface area contributed by atoms with E-state index in [9.17, 15) is 10.1 Å². The molecule has 164 valence electrons. The highest BCUT2D eigenvalue weighted by Crippen LogP contribution is 2.37. The Balaban J connectivity index is 1.33. The second kappa shape index (κ2) is 8.60. The summed E-state index contributed by atoms with van der Waals surface area (Å²) < 4.78 is 4.04. The van der Waals surface area contributed by atoms with Crippen LogP contribution in [0.1, 0.15) is 29.2 Å². The average Bonchev–Trinajstić information content (AvgIpc) is 3.33. The summed E-state index contributed by atoms with van der Waals surface area (Å²) in [6.45, 7) is 4.66. The fourth-order valence-corrected chi connectivity index (χ4v) is 5.10. The molecule has 8 nitrogen and oxygen atoms in total. The number of rotatable bonds is 6. The van der Waals surface area contributed by atoms with E-state index in [0.717, 1.165) is 56.2 Å². The van der Waals surface area contributed by atoms with Crippen LogP contribution in [0.5, 0.6) is 0 Å². The number of hydrogen-bond acceptors (Lipinski definition) is 6. The molecule has 2 aliphatic heterocycles. The first-order valence-corrected chi connectivity index (χ1v) is 11.1. The van der Waals surface area contributed by atoms with Crippen molar-refractivity contribution in [3.63, 3.8) is 0 Å². The van der Waals surface area contributed by atoms with Crippen LogP contribution in [0.15, 0.2) is 54.0 Å². The molecule has 3 aromatic heterocycles. The van der Waals surface area contributed by atoms with E-state index in [1.165, 1.54) is 0 Å². The first kappa shape index (κ1) is 20.5.